The molecule has 28 heavy (non-hydrogen) atoms. The van der Waals surface area contributed by atoms with Crippen LogP contribution in [0.5, 0.6) is 5.75 Å². The van der Waals surface area contributed by atoms with Crippen molar-refractivity contribution in [2.45, 2.75) is 32.1 Å². The maximum Gasteiger partial charge on any atom is 0.264 e. The Morgan fingerprint density at radius 1 is 1.14 bits per heavy atom. The molecule has 0 saturated carbocycles. The van der Waals surface area contributed by atoms with Crippen LogP contribution in [-0.2, 0) is 14.8 Å². The molecule has 0 heterocycles. The third-order valence-corrected chi connectivity index (χ3v) is 6.07. The summed E-state index contributed by atoms with van der Waals surface area (Å²) in [4.78, 5) is 12.6. The van der Waals surface area contributed by atoms with E-state index in [4.69, 9.17) is 4.74 Å². The van der Waals surface area contributed by atoms with E-state index in [1.54, 1.807) is 48.5 Å². The molecule has 0 aliphatic rings. The first-order chi connectivity index (χ1) is 13.2. The van der Waals surface area contributed by atoms with E-state index in [1.165, 1.54) is 7.11 Å². The number of hydrogen-bond acceptors (Lipinski definition) is 4. The third kappa shape index (κ3) is 5.73. The lowest BCUT2D eigenvalue weighted by Gasteiger charge is -2.24. The van der Waals surface area contributed by atoms with Crippen LogP contribution in [0.25, 0.3) is 0 Å². The van der Waals surface area contributed by atoms with Gasteiger partial charge in [-0.3, -0.25) is 9.10 Å². The predicted octanol–water partition coefficient (Wildman–Crippen LogP) is 3.36. The molecule has 0 unspecified atom stereocenters. The van der Waals surface area contributed by atoms with Crippen LogP contribution in [0.15, 0.2) is 53.4 Å². The van der Waals surface area contributed by atoms with Crippen molar-refractivity contribution in [3.05, 3.63) is 54.1 Å². The minimum Gasteiger partial charge on any atom is -0.497 e. The van der Waals surface area contributed by atoms with Gasteiger partial charge >= 0.3 is 0 Å². The van der Waals surface area contributed by atoms with E-state index in [1.807, 2.05) is 6.92 Å². The number of anilines is 1. The van der Waals surface area contributed by atoms with Gasteiger partial charge in [-0.25, -0.2) is 8.42 Å². The van der Waals surface area contributed by atoms with Gasteiger partial charge in [0.25, 0.3) is 10.0 Å². The van der Waals surface area contributed by atoms with Crippen LogP contribution in [0.2, 0.25) is 0 Å². The van der Waals surface area contributed by atoms with E-state index in [-0.39, 0.29) is 17.3 Å². The molecule has 2 rings (SSSR count). The molecular weight excluding hydrogens is 376 g/mol. The quantitative estimate of drug-likeness (QED) is 0.695. The smallest absolute Gasteiger partial charge is 0.264 e. The summed E-state index contributed by atoms with van der Waals surface area (Å²) in [6, 6.07) is 13.2. The summed E-state index contributed by atoms with van der Waals surface area (Å²) < 4.78 is 32.9. The van der Waals surface area contributed by atoms with Crippen LogP contribution in [0.3, 0.4) is 0 Å². The molecule has 2 aromatic carbocycles. The topological polar surface area (TPSA) is 75.7 Å². The zero-order valence-electron chi connectivity index (χ0n) is 16.8. The monoisotopic (exact) mass is 404 g/mol. The molecule has 0 fully saturated rings. The molecule has 2 aromatic rings. The number of carbonyl (C=O) groups excluding carboxylic acids is 1. The summed E-state index contributed by atoms with van der Waals surface area (Å²) in [5.74, 6) is 0.618. The highest BCUT2D eigenvalue weighted by Gasteiger charge is 2.27. The maximum absolute atomic E-state index is 13.3. The first-order valence-corrected chi connectivity index (χ1v) is 10.7. The Kier molecular flexibility index (Phi) is 7.45. The molecule has 7 heteroatoms. The molecule has 1 amide bonds. The van der Waals surface area contributed by atoms with E-state index < -0.39 is 10.0 Å². The second-order valence-electron chi connectivity index (χ2n) is 7.06. The number of aryl methyl sites for hydroxylation is 1. The van der Waals surface area contributed by atoms with Gasteiger partial charge in [-0.05, 0) is 43.5 Å². The summed E-state index contributed by atoms with van der Waals surface area (Å²) in [5.41, 5.74) is 1.33. The fourth-order valence-corrected chi connectivity index (χ4v) is 4.02. The number of methoxy groups -OCH3 is 1. The largest absolute Gasteiger partial charge is 0.497 e. The standard InChI is InChI=1S/C21H28N2O4S/c1-16(2)12-13-22-21(24)15-23(18-6-5-7-19(14-18)27-4)28(25,26)20-10-8-17(3)9-11-20/h5-11,14,16H,12-13,15H2,1-4H3,(H,22,24). The van der Waals surface area contributed by atoms with Crippen molar-refractivity contribution in [2.24, 2.45) is 5.92 Å². The van der Waals surface area contributed by atoms with E-state index in [0.717, 1.165) is 16.3 Å². The van der Waals surface area contributed by atoms with Crippen molar-refractivity contribution < 1.29 is 17.9 Å². The number of nitrogens with one attached hydrogen (secondary N) is 1. The molecule has 0 aliphatic heterocycles. The number of benzene rings is 2. The number of amides is 1. The van der Waals surface area contributed by atoms with Crippen LogP contribution in [0.4, 0.5) is 5.69 Å². The molecule has 0 aliphatic carbocycles. The Morgan fingerprint density at radius 3 is 2.43 bits per heavy atom. The summed E-state index contributed by atoms with van der Waals surface area (Å²) >= 11 is 0. The lowest BCUT2D eigenvalue weighted by Crippen LogP contribution is -2.41. The molecule has 0 bridgehead atoms. The highest BCUT2D eigenvalue weighted by Crippen LogP contribution is 2.27. The molecule has 0 aromatic heterocycles. The lowest BCUT2D eigenvalue weighted by molar-refractivity contribution is -0.119. The Hall–Kier alpha value is -2.54. The van der Waals surface area contributed by atoms with E-state index in [2.05, 4.69) is 19.2 Å². The highest BCUT2D eigenvalue weighted by molar-refractivity contribution is 7.92. The first kappa shape index (κ1) is 21.8. The molecule has 1 N–H and O–H groups in total. The first-order valence-electron chi connectivity index (χ1n) is 9.24. The average molecular weight is 405 g/mol. The Balaban J connectivity index is 2.35. The van der Waals surface area contributed by atoms with Gasteiger partial charge in [-0.15, -0.1) is 0 Å². The molecular formula is C21H28N2O4S. The molecule has 0 atom stereocenters. The van der Waals surface area contributed by atoms with E-state index in [0.29, 0.717) is 23.9 Å². The van der Waals surface area contributed by atoms with Gasteiger partial charge in [0, 0.05) is 12.6 Å². The zero-order chi connectivity index (χ0) is 20.7. The summed E-state index contributed by atoms with van der Waals surface area (Å²) in [6.07, 6.45) is 0.829. The molecule has 0 saturated heterocycles. The van der Waals surface area contributed by atoms with Gasteiger partial charge in [0.2, 0.25) is 5.91 Å². The second-order valence-corrected chi connectivity index (χ2v) is 8.92. The minimum absolute atomic E-state index is 0.135. The fraction of sp³-hybridized carbons (Fsp3) is 0.381. The number of nitrogens with zero attached hydrogens (tertiary/aromatic N) is 1. The van der Waals surface area contributed by atoms with Crippen molar-refractivity contribution in [2.75, 3.05) is 24.5 Å². The molecule has 152 valence electrons. The predicted molar refractivity (Wildman–Crippen MR) is 111 cm³/mol. The number of hydrogen-bond donors (Lipinski definition) is 1. The molecule has 6 nitrogen and oxygen atoms in total. The van der Waals surface area contributed by atoms with Crippen molar-refractivity contribution in [3.8, 4) is 5.75 Å². The molecule has 0 radical (unpaired) electrons. The fourth-order valence-electron chi connectivity index (χ4n) is 2.60. The zero-order valence-corrected chi connectivity index (χ0v) is 17.6. The number of rotatable bonds is 9. The lowest BCUT2D eigenvalue weighted by atomic mass is 10.1. The molecule has 0 spiro atoms. The van der Waals surface area contributed by atoms with Crippen molar-refractivity contribution >= 4 is 21.6 Å². The third-order valence-electron chi connectivity index (χ3n) is 4.28. The van der Waals surface area contributed by atoms with E-state index >= 15 is 0 Å². The van der Waals surface area contributed by atoms with Crippen molar-refractivity contribution in [3.63, 3.8) is 0 Å². The van der Waals surface area contributed by atoms with Crippen LogP contribution < -0.4 is 14.4 Å². The number of carbonyl (C=O) groups is 1. The minimum atomic E-state index is -3.92. The van der Waals surface area contributed by atoms with Crippen molar-refractivity contribution in [1.82, 2.24) is 5.32 Å². The number of sulfonamides is 1. The Morgan fingerprint density at radius 2 is 1.82 bits per heavy atom. The highest BCUT2D eigenvalue weighted by atomic mass is 32.2. The SMILES string of the molecule is COc1cccc(N(CC(=O)NCCC(C)C)S(=O)(=O)c2ccc(C)cc2)c1. The Labute approximate surface area is 167 Å². The van der Waals surface area contributed by atoms with Crippen LogP contribution in [0, 0.1) is 12.8 Å². The van der Waals surface area contributed by atoms with Gasteiger partial charge in [-0.2, -0.15) is 0 Å². The Bertz CT molecular complexity index is 893. The number of ether oxygens (including phenoxy) is 1. The normalized spacial score (nSPS) is 11.3. The summed E-state index contributed by atoms with van der Waals surface area (Å²) in [6.45, 7) is 6.22. The average Bonchev–Trinajstić information content (AvgIpc) is 2.66. The summed E-state index contributed by atoms with van der Waals surface area (Å²) in [7, 11) is -2.40. The van der Waals surface area contributed by atoms with Gasteiger partial charge in [-0.1, -0.05) is 37.6 Å². The maximum atomic E-state index is 13.3. The van der Waals surface area contributed by atoms with Gasteiger partial charge in [0.1, 0.15) is 12.3 Å². The van der Waals surface area contributed by atoms with Crippen LogP contribution in [0.1, 0.15) is 25.8 Å². The van der Waals surface area contributed by atoms with Crippen molar-refractivity contribution in [1.29, 1.82) is 0 Å². The van der Waals surface area contributed by atoms with Gasteiger partial charge in [0.05, 0.1) is 17.7 Å². The second kappa shape index (κ2) is 9.59. The summed E-state index contributed by atoms with van der Waals surface area (Å²) in [5, 5.41) is 2.80. The van der Waals surface area contributed by atoms with Crippen LogP contribution in [-0.4, -0.2) is 34.5 Å². The van der Waals surface area contributed by atoms with E-state index in [9.17, 15) is 13.2 Å². The van der Waals surface area contributed by atoms with Gasteiger partial charge in [0.15, 0.2) is 0 Å². The van der Waals surface area contributed by atoms with Gasteiger partial charge < -0.3 is 10.1 Å². The van der Waals surface area contributed by atoms with Crippen LogP contribution >= 0.6 is 0 Å².